The van der Waals surface area contributed by atoms with Crippen LogP contribution in [0.25, 0.3) is 0 Å². The molecule has 0 aromatic carbocycles. The molecule has 2 nitrogen and oxygen atoms in total. The third kappa shape index (κ3) is 4.54. The second-order valence-electron chi connectivity index (χ2n) is 3.98. The number of rotatable bonds is 4. The summed E-state index contributed by atoms with van der Waals surface area (Å²) < 4.78 is 35.8. The third-order valence-corrected chi connectivity index (χ3v) is 2.39. The third-order valence-electron chi connectivity index (χ3n) is 2.39. The maximum absolute atomic E-state index is 11.9. The average molecular weight is 245 g/mol. The maximum atomic E-state index is 11.9. The fraction of sp³-hybridized carbons (Fsp3) is 0.500. The van der Waals surface area contributed by atoms with E-state index in [0.29, 0.717) is 11.3 Å². The molecule has 94 valence electrons. The average Bonchev–Trinajstić information content (AvgIpc) is 2.15. The van der Waals surface area contributed by atoms with E-state index >= 15 is 0 Å². The summed E-state index contributed by atoms with van der Waals surface area (Å²) in [5.74, 6) is -0.278. The van der Waals surface area contributed by atoms with Crippen LogP contribution in [0.4, 0.5) is 13.2 Å². The molecule has 1 rings (SSSR count). The monoisotopic (exact) mass is 245 g/mol. The zero-order chi connectivity index (χ0) is 13.1. The topological polar surface area (TPSA) is 30.0 Å². The predicted octanol–water partition coefficient (Wildman–Crippen LogP) is 3.61. The summed E-state index contributed by atoms with van der Waals surface area (Å²) in [5, 5.41) is 0. The van der Waals surface area contributed by atoms with Gasteiger partial charge in [-0.05, 0) is 32.4 Å². The van der Waals surface area contributed by atoms with Crippen molar-refractivity contribution in [2.24, 2.45) is 0 Å². The van der Waals surface area contributed by atoms with Gasteiger partial charge in [-0.1, -0.05) is 0 Å². The standard InChI is InChI=1S/C12H14F3NO/c1-8-5-6-10(9(2)16-8)11(17)4-3-7-12(13,14)15/h5-6H,3-4,7H2,1-2H3. The van der Waals surface area contributed by atoms with Gasteiger partial charge in [-0.15, -0.1) is 0 Å². The van der Waals surface area contributed by atoms with Gasteiger partial charge >= 0.3 is 6.18 Å². The molecule has 1 aromatic heterocycles. The molecule has 0 saturated heterocycles. The predicted molar refractivity (Wildman–Crippen MR) is 57.9 cm³/mol. The van der Waals surface area contributed by atoms with Crippen LogP contribution in [-0.4, -0.2) is 16.9 Å². The number of aromatic nitrogens is 1. The minimum Gasteiger partial charge on any atom is -0.294 e. The molecule has 17 heavy (non-hydrogen) atoms. The van der Waals surface area contributed by atoms with Crippen LogP contribution in [0, 0.1) is 13.8 Å². The summed E-state index contributed by atoms with van der Waals surface area (Å²) in [4.78, 5) is 15.8. The van der Waals surface area contributed by atoms with Crippen LogP contribution in [0.5, 0.6) is 0 Å². The summed E-state index contributed by atoms with van der Waals surface area (Å²) in [6, 6.07) is 3.30. The number of hydrogen-bond donors (Lipinski definition) is 0. The lowest BCUT2D eigenvalue weighted by atomic mass is 10.0. The van der Waals surface area contributed by atoms with Crippen LogP contribution in [0.2, 0.25) is 0 Å². The van der Waals surface area contributed by atoms with Crippen molar-refractivity contribution in [3.63, 3.8) is 0 Å². The Kier molecular flexibility index (Phi) is 4.26. The first-order valence-electron chi connectivity index (χ1n) is 5.34. The van der Waals surface area contributed by atoms with E-state index in [-0.39, 0.29) is 18.6 Å². The van der Waals surface area contributed by atoms with Crippen molar-refractivity contribution in [1.82, 2.24) is 4.98 Å². The van der Waals surface area contributed by atoms with Crippen molar-refractivity contribution >= 4 is 5.78 Å². The SMILES string of the molecule is Cc1ccc(C(=O)CCCC(F)(F)F)c(C)n1. The van der Waals surface area contributed by atoms with Gasteiger partial charge in [0.05, 0.1) is 0 Å². The van der Waals surface area contributed by atoms with Crippen LogP contribution < -0.4 is 0 Å². The summed E-state index contributed by atoms with van der Waals surface area (Å²) in [6.45, 7) is 3.48. The summed E-state index contributed by atoms with van der Waals surface area (Å²) in [6.07, 6.45) is -5.38. The number of alkyl halides is 3. The van der Waals surface area contributed by atoms with Gasteiger partial charge in [-0.25, -0.2) is 0 Å². The van der Waals surface area contributed by atoms with Crippen LogP contribution in [0.15, 0.2) is 12.1 Å². The number of Topliss-reactive ketones (excluding diaryl/α,β-unsaturated/α-hetero) is 1. The van der Waals surface area contributed by atoms with E-state index in [9.17, 15) is 18.0 Å². The number of carbonyl (C=O) groups is 1. The quantitative estimate of drug-likeness (QED) is 0.758. The van der Waals surface area contributed by atoms with Crippen molar-refractivity contribution in [3.05, 3.63) is 29.1 Å². The Balaban J connectivity index is 2.59. The molecular weight excluding hydrogens is 231 g/mol. The number of nitrogens with zero attached hydrogens (tertiary/aromatic N) is 1. The Hall–Kier alpha value is -1.39. The Morgan fingerprint density at radius 2 is 1.94 bits per heavy atom. The molecule has 0 atom stereocenters. The van der Waals surface area contributed by atoms with Crippen molar-refractivity contribution in [2.75, 3.05) is 0 Å². The van der Waals surface area contributed by atoms with E-state index in [1.807, 2.05) is 0 Å². The fourth-order valence-corrected chi connectivity index (χ4v) is 1.57. The van der Waals surface area contributed by atoms with Crippen LogP contribution in [0.1, 0.15) is 41.0 Å². The van der Waals surface area contributed by atoms with Gasteiger partial charge < -0.3 is 0 Å². The number of carbonyl (C=O) groups excluding carboxylic acids is 1. The smallest absolute Gasteiger partial charge is 0.294 e. The van der Waals surface area contributed by atoms with Gasteiger partial charge in [0, 0.05) is 29.8 Å². The molecule has 0 bridgehead atoms. The van der Waals surface area contributed by atoms with E-state index in [1.54, 1.807) is 26.0 Å². The molecule has 0 aliphatic rings. The lowest BCUT2D eigenvalue weighted by Crippen LogP contribution is -2.09. The molecule has 0 N–H and O–H groups in total. The lowest BCUT2D eigenvalue weighted by Gasteiger charge is -2.07. The molecular formula is C12H14F3NO. The van der Waals surface area contributed by atoms with Crippen LogP contribution in [0.3, 0.4) is 0 Å². The van der Waals surface area contributed by atoms with Crippen molar-refractivity contribution in [2.45, 2.75) is 39.3 Å². The molecule has 0 fully saturated rings. The Morgan fingerprint density at radius 1 is 1.29 bits per heavy atom. The number of pyridine rings is 1. The highest BCUT2D eigenvalue weighted by Crippen LogP contribution is 2.23. The Labute approximate surface area is 97.9 Å². The number of ketones is 1. The molecule has 0 radical (unpaired) electrons. The highest BCUT2D eigenvalue weighted by Gasteiger charge is 2.26. The highest BCUT2D eigenvalue weighted by molar-refractivity contribution is 5.96. The largest absolute Gasteiger partial charge is 0.389 e. The number of halogens is 3. The van der Waals surface area contributed by atoms with Crippen molar-refractivity contribution in [3.8, 4) is 0 Å². The van der Waals surface area contributed by atoms with Gasteiger partial charge in [0.2, 0.25) is 0 Å². The second kappa shape index (κ2) is 5.29. The normalized spacial score (nSPS) is 11.6. The van der Waals surface area contributed by atoms with Gasteiger partial charge in [-0.3, -0.25) is 9.78 Å². The van der Waals surface area contributed by atoms with Crippen LogP contribution >= 0.6 is 0 Å². The highest BCUT2D eigenvalue weighted by atomic mass is 19.4. The fourth-order valence-electron chi connectivity index (χ4n) is 1.57. The van der Waals surface area contributed by atoms with E-state index in [4.69, 9.17) is 0 Å². The summed E-state index contributed by atoms with van der Waals surface area (Å²) in [5.41, 5.74) is 1.77. The first kappa shape index (κ1) is 13.7. The van der Waals surface area contributed by atoms with Crippen molar-refractivity contribution in [1.29, 1.82) is 0 Å². The Bertz CT molecular complexity index is 413. The molecule has 0 spiro atoms. The Morgan fingerprint density at radius 3 is 2.47 bits per heavy atom. The molecule has 0 saturated carbocycles. The van der Waals surface area contributed by atoms with E-state index in [1.165, 1.54) is 0 Å². The minimum absolute atomic E-state index is 0.0922. The van der Waals surface area contributed by atoms with Gasteiger partial charge in [0.25, 0.3) is 0 Å². The van der Waals surface area contributed by atoms with E-state index < -0.39 is 12.6 Å². The van der Waals surface area contributed by atoms with E-state index in [2.05, 4.69) is 4.98 Å². The second-order valence-corrected chi connectivity index (χ2v) is 3.98. The molecule has 0 amide bonds. The minimum atomic E-state index is -4.19. The van der Waals surface area contributed by atoms with Gasteiger partial charge in [0.1, 0.15) is 0 Å². The van der Waals surface area contributed by atoms with Crippen molar-refractivity contribution < 1.29 is 18.0 Å². The number of aryl methyl sites for hydroxylation is 2. The van der Waals surface area contributed by atoms with Crippen LogP contribution in [-0.2, 0) is 0 Å². The summed E-state index contributed by atoms with van der Waals surface area (Å²) in [7, 11) is 0. The maximum Gasteiger partial charge on any atom is 0.389 e. The molecule has 1 heterocycles. The van der Waals surface area contributed by atoms with Gasteiger partial charge in [-0.2, -0.15) is 13.2 Å². The first-order valence-corrected chi connectivity index (χ1v) is 5.34. The van der Waals surface area contributed by atoms with E-state index in [0.717, 1.165) is 5.69 Å². The molecule has 5 heteroatoms. The molecule has 1 aromatic rings. The number of hydrogen-bond acceptors (Lipinski definition) is 2. The molecule has 0 aliphatic heterocycles. The summed E-state index contributed by atoms with van der Waals surface area (Å²) >= 11 is 0. The zero-order valence-electron chi connectivity index (χ0n) is 9.77. The molecule has 0 aliphatic carbocycles. The zero-order valence-corrected chi connectivity index (χ0v) is 9.77. The van der Waals surface area contributed by atoms with Gasteiger partial charge in [0.15, 0.2) is 5.78 Å². The first-order chi connectivity index (χ1) is 7.79. The molecule has 0 unspecified atom stereocenters. The lowest BCUT2D eigenvalue weighted by molar-refractivity contribution is -0.135.